The summed E-state index contributed by atoms with van der Waals surface area (Å²) in [5.41, 5.74) is 1.45. The molecular weight excluding hydrogens is 152 g/mol. The maximum absolute atomic E-state index is 10.8. The Morgan fingerprint density at radius 1 is 1.75 bits per heavy atom. The van der Waals surface area contributed by atoms with E-state index < -0.39 is 5.97 Å². The van der Waals surface area contributed by atoms with Gasteiger partial charge in [0.25, 0.3) is 0 Å². The predicted molar refractivity (Wildman–Crippen MR) is 45.7 cm³/mol. The summed E-state index contributed by atoms with van der Waals surface area (Å²) in [6, 6.07) is 0. The van der Waals surface area contributed by atoms with E-state index in [2.05, 4.69) is 19.9 Å². The Morgan fingerprint density at radius 2 is 2.42 bits per heavy atom. The van der Waals surface area contributed by atoms with Crippen LogP contribution in [0.5, 0.6) is 0 Å². The number of allylic oxidation sites excluding steroid dienone is 2. The van der Waals surface area contributed by atoms with Crippen molar-refractivity contribution in [2.24, 2.45) is 17.3 Å². The lowest BCUT2D eigenvalue weighted by Gasteiger charge is -2.14. The first-order valence-corrected chi connectivity index (χ1v) is 4.44. The summed E-state index contributed by atoms with van der Waals surface area (Å²) in [6.07, 6.45) is 4.15. The number of rotatable bonds is 1. The first-order chi connectivity index (χ1) is 5.55. The van der Waals surface area contributed by atoms with Gasteiger partial charge in [0, 0.05) is 0 Å². The molecule has 2 aliphatic carbocycles. The van der Waals surface area contributed by atoms with E-state index in [1.165, 1.54) is 5.57 Å². The summed E-state index contributed by atoms with van der Waals surface area (Å²) in [7, 11) is 0. The maximum atomic E-state index is 10.8. The van der Waals surface area contributed by atoms with Gasteiger partial charge >= 0.3 is 5.97 Å². The van der Waals surface area contributed by atoms with E-state index in [1.807, 2.05) is 0 Å². The molecule has 0 aromatic rings. The third kappa shape index (κ3) is 0.838. The maximum Gasteiger partial charge on any atom is 0.307 e. The number of aliphatic carboxylic acids is 1. The van der Waals surface area contributed by atoms with Gasteiger partial charge in [0.15, 0.2) is 0 Å². The predicted octanol–water partition coefficient (Wildman–Crippen LogP) is 2.06. The van der Waals surface area contributed by atoms with Gasteiger partial charge in [0.1, 0.15) is 0 Å². The van der Waals surface area contributed by atoms with Gasteiger partial charge in [-0.25, -0.2) is 0 Å². The van der Waals surface area contributed by atoms with Gasteiger partial charge < -0.3 is 5.11 Å². The zero-order chi connectivity index (χ0) is 8.93. The third-order valence-corrected chi connectivity index (χ3v) is 3.55. The molecule has 66 valence electrons. The molecule has 1 fully saturated rings. The van der Waals surface area contributed by atoms with Gasteiger partial charge in [0.05, 0.1) is 5.92 Å². The smallest absolute Gasteiger partial charge is 0.307 e. The molecule has 2 aliphatic rings. The number of hydrogen-bond donors (Lipinski definition) is 1. The lowest BCUT2D eigenvalue weighted by molar-refractivity contribution is -0.139. The Labute approximate surface area is 72.3 Å². The molecule has 0 saturated heterocycles. The number of hydrogen-bond acceptors (Lipinski definition) is 1. The largest absolute Gasteiger partial charge is 0.481 e. The second-order valence-electron chi connectivity index (χ2n) is 4.39. The van der Waals surface area contributed by atoms with E-state index in [-0.39, 0.29) is 11.3 Å². The molecule has 0 amide bonds. The number of fused-ring (bicyclic) bond motifs is 1. The Hall–Kier alpha value is -0.790. The molecule has 0 heterocycles. The monoisotopic (exact) mass is 166 g/mol. The van der Waals surface area contributed by atoms with E-state index in [4.69, 9.17) is 5.11 Å². The molecule has 1 saturated carbocycles. The molecular formula is C10H14O2. The number of carbonyl (C=O) groups is 1. The normalized spacial score (nSPS) is 44.7. The number of carboxylic acids is 1. The average Bonchev–Trinajstić information content (AvgIpc) is 2.55. The van der Waals surface area contributed by atoms with E-state index in [0.717, 1.165) is 12.8 Å². The minimum absolute atomic E-state index is 0.0776. The molecule has 3 atom stereocenters. The van der Waals surface area contributed by atoms with Crippen molar-refractivity contribution in [3.8, 4) is 0 Å². The Kier molecular flexibility index (Phi) is 1.39. The Balaban J connectivity index is 2.18. The fourth-order valence-corrected chi connectivity index (χ4v) is 2.57. The van der Waals surface area contributed by atoms with E-state index in [9.17, 15) is 4.79 Å². The van der Waals surface area contributed by atoms with Crippen molar-refractivity contribution in [1.29, 1.82) is 0 Å². The summed E-state index contributed by atoms with van der Waals surface area (Å²) < 4.78 is 0. The van der Waals surface area contributed by atoms with Crippen LogP contribution in [-0.4, -0.2) is 11.1 Å². The average molecular weight is 166 g/mol. The number of carboxylic acid groups (broad SMARTS) is 1. The zero-order valence-electron chi connectivity index (χ0n) is 7.50. The van der Waals surface area contributed by atoms with E-state index in [0.29, 0.717) is 5.92 Å². The van der Waals surface area contributed by atoms with Gasteiger partial charge in [-0.3, -0.25) is 4.79 Å². The second-order valence-corrected chi connectivity index (χ2v) is 4.39. The lowest BCUT2D eigenvalue weighted by Crippen LogP contribution is -2.06. The summed E-state index contributed by atoms with van der Waals surface area (Å²) >= 11 is 0. The highest BCUT2D eigenvalue weighted by Gasteiger charge is 2.64. The van der Waals surface area contributed by atoms with Crippen LogP contribution in [0.25, 0.3) is 0 Å². The van der Waals surface area contributed by atoms with Crippen molar-refractivity contribution < 1.29 is 9.90 Å². The SMILES string of the molecule is CC1=CCC2(C)C(C1)C2C(=O)O. The van der Waals surface area contributed by atoms with Crippen LogP contribution in [0.3, 0.4) is 0 Å². The molecule has 2 nitrogen and oxygen atoms in total. The molecule has 12 heavy (non-hydrogen) atoms. The van der Waals surface area contributed by atoms with Crippen LogP contribution in [0, 0.1) is 17.3 Å². The lowest BCUT2D eigenvalue weighted by atomic mass is 9.91. The Bertz CT molecular complexity index is 267. The quantitative estimate of drug-likeness (QED) is 0.605. The van der Waals surface area contributed by atoms with Crippen molar-refractivity contribution >= 4 is 5.97 Å². The topological polar surface area (TPSA) is 37.3 Å². The summed E-state index contributed by atoms with van der Waals surface area (Å²) in [6.45, 7) is 4.19. The fraction of sp³-hybridized carbons (Fsp3) is 0.700. The standard InChI is InChI=1S/C10H14O2/c1-6-3-4-10(2)7(5-6)8(10)9(11)12/h3,7-8H,4-5H2,1-2H3,(H,11,12). The minimum atomic E-state index is -0.606. The highest BCUT2D eigenvalue weighted by Crippen LogP contribution is 2.65. The summed E-state index contributed by atoms with van der Waals surface area (Å²) in [5.74, 6) is -0.267. The van der Waals surface area contributed by atoms with Crippen molar-refractivity contribution in [3.63, 3.8) is 0 Å². The van der Waals surface area contributed by atoms with Crippen molar-refractivity contribution in [2.45, 2.75) is 26.7 Å². The van der Waals surface area contributed by atoms with Gasteiger partial charge in [0.2, 0.25) is 0 Å². The van der Waals surface area contributed by atoms with Gasteiger partial charge in [-0.2, -0.15) is 0 Å². The summed E-state index contributed by atoms with van der Waals surface area (Å²) in [5, 5.41) is 8.91. The first-order valence-electron chi connectivity index (χ1n) is 4.44. The van der Waals surface area contributed by atoms with Gasteiger partial charge in [-0.15, -0.1) is 0 Å². The molecule has 0 aromatic carbocycles. The highest BCUT2D eigenvalue weighted by molar-refractivity contribution is 5.76. The summed E-state index contributed by atoms with van der Waals surface area (Å²) in [4.78, 5) is 10.8. The minimum Gasteiger partial charge on any atom is -0.481 e. The van der Waals surface area contributed by atoms with E-state index >= 15 is 0 Å². The van der Waals surface area contributed by atoms with Crippen LogP contribution in [0.2, 0.25) is 0 Å². The Morgan fingerprint density at radius 3 is 2.92 bits per heavy atom. The molecule has 0 aromatic heterocycles. The van der Waals surface area contributed by atoms with Crippen molar-refractivity contribution in [1.82, 2.24) is 0 Å². The molecule has 3 unspecified atom stereocenters. The third-order valence-electron chi connectivity index (χ3n) is 3.55. The van der Waals surface area contributed by atoms with Crippen molar-refractivity contribution in [3.05, 3.63) is 11.6 Å². The van der Waals surface area contributed by atoms with Crippen LogP contribution in [-0.2, 0) is 4.79 Å². The zero-order valence-corrected chi connectivity index (χ0v) is 7.50. The fourth-order valence-electron chi connectivity index (χ4n) is 2.57. The first kappa shape index (κ1) is 7.84. The molecule has 0 spiro atoms. The van der Waals surface area contributed by atoms with Gasteiger partial charge in [-0.05, 0) is 31.1 Å². The van der Waals surface area contributed by atoms with Crippen LogP contribution in [0.4, 0.5) is 0 Å². The highest BCUT2D eigenvalue weighted by atomic mass is 16.4. The van der Waals surface area contributed by atoms with Crippen LogP contribution in [0.15, 0.2) is 11.6 Å². The van der Waals surface area contributed by atoms with Crippen LogP contribution < -0.4 is 0 Å². The molecule has 1 N–H and O–H groups in total. The van der Waals surface area contributed by atoms with E-state index in [1.54, 1.807) is 0 Å². The molecule has 2 rings (SSSR count). The molecule has 2 heteroatoms. The van der Waals surface area contributed by atoms with Crippen LogP contribution in [0.1, 0.15) is 26.7 Å². The second kappa shape index (κ2) is 2.12. The van der Waals surface area contributed by atoms with Crippen LogP contribution >= 0.6 is 0 Å². The van der Waals surface area contributed by atoms with Crippen molar-refractivity contribution in [2.75, 3.05) is 0 Å². The molecule has 0 bridgehead atoms. The molecule has 0 radical (unpaired) electrons. The molecule has 0 aliphatic heterocycles. The van der Waals surface area contributed by atoms with Gasteiger partial charge in [-0.1, -0.05) is 18.6 Å².